The van der Waals surface area contributed by atoms with Crippen molar-refractivity contribution in [3.63, 3.8) is 0 Å². The van der Waals surface area contributed by atoms with E-state index in [-0.39, 0.29) is 16.3 Å². The van der Waals surface area contributed by atoms with Crippen LogP contribution in [0, 0.1) is 0 Å². The zero-order valence-corrected chi connectivity index (χ0v) is 8.49. The minimum absolute atomic E-state index is 0.0837. The summed E-state index contributed by atoms with van der Waals surface area (Å²) in [6.07, 6.45) is -4.54. The van der Waals surface area contributed by atoms with E-state index in [0.717, 1.165) is 0 Å². The molecule has 0 bridgehead atoms. The number of nitrogens with one attached hydrogen (secondary N) is 2. The Labute approximate surface area is 93.6 Å². The highest BCUT2D eigenvalue weighted by atomic mass is 35.5. The molecule has 1 aliphatic rings. The lowest BCUT2D eigenvalue weighted by atomic mass is 10.0. The summed E-state index contributed by atoms with van der Waals surface area (Å²) in [6, 6.07) is 1.04. The van der Waals surface area contributed by atoms with Gasteiger partial charge >= 0.3 is 12.2 Å². The van der Waals surface area contributed by atoms with Crippen LogP contribution < -0.4 is 10.6 Å². The third-order valence-corrected chi connectivity index (χ3v) is 2.41. The summed E-state index contributed by atoms with van der Waals surface area (Å²) in [5.74, 6) is 0. The van der Waals surface area contributed by atoms with Crippen LogP contribution in [-0.2, 0) is 0 Å². The number of hydrogen-bond acceptors (Lipinski definition) is 1. The molecular formula is C9H6ClF3N2O. The summed E-state index contributed by atoms with van der Waals surface area (Å²) < 4.78 is 37.9. The fourth-order valence-corrected chi connectivity index (χ4v) is 1.69. The number of rotatable bonds is 0. The molecule has 0 aromatic heterocycles. The molecule has 0 saturated carbocycles. The Bertz CT molecular complexity index is 447. The van der Waals surface area contributed by atoms with Crippen LogP contribution in [0.3, 0.4) is 0 Å². The van der Waals surface area contributed by atoms with E-state index in [2.05, 4.69) is 5.32 Å². The van der Waals surface area contributed by atoms with Crippen molar-refractivity contribution >= 4 is 23.3 Å². The average Bonchev–Trinajstić information content (AvgIpc) is 2.16. The van der Waals surface area contributed by atoms with Crippen molar-refractivity contribution in [3.05, 3.63) is 28.8 Å². The SMILES string of the molecule is O=C1Nc2ccc(Cl)cc2[C@H](C(F)(F)F)N1. The van der Waals surface area contributed by atoms with Gasteiger partial charge in [-0.3, -0.25) is 0 Å². The molecule has 2 rings (SSSR count). The van der Waals surface area contributed by atoms with Crippen molar-refractivity contribution < 1.29 is 18.0 Å². The van der Waals surface area contributed by atoms with Crippen LogP contribution in [0.1, 0.15) is 11.6 Å². The molecule has 2 amide bonds. The van der Waals surface area contributed by atoms with Gasteiger partial charge in [-0.2, -0.15) is 13.2 Å². The van der Waals surface area contributed by atoms with Gasteiger partial charge in [0, 0.05) is 16.3 Å². The number of benzene rings is 1. The monoisotopic (exact) mass is 250 g/mol. The van der Waals surface area contributed by atoms with E-state index in [4.69, 9.17) is 11.6 Å². The van der Waals surface area contributed by atoms with Crippen molar-refractivity contribution in [3.8, 4) is 0 Å². The van der Waals surface area contributed by atoms with E-state index < -0.39 is 18.2 Å². The van der Waals surface area contributed by atoms with Crippen LogP contribution in [0.15, 0.2) is 18.2 Å². The largest absolute Gasteiger partial charge is 0.413 e. The topological polar surface area (TPSA) is 41.1 Å². The fraction of sp³-hybridized carbons (Fsp3) is 0.222. The lowest BCUT2D eigenvalue weighted by Gasteiger charge is -2.28. The number of amides is 2. The Balaban J connectivity index is 2.52. The molecule has 0 unspecified atom stereocenters. The van der Waals surface area contributed by atoms with Gasteiger partial charge in [-0.25, -0.2) is 4.79 Å². The summed E-state index contributed by atoms with van der Waals surface area (Å²) >= 11 is 5.62. The molecule has 1 aliphatic heterocycles. The van der Waals surface area contributed by atoms with Crippen molar-refractivity contribution in [1.29, 1.82) is 0 Å². The zero-order valence-electron chi connectivity index (χ0n) is 7.73. The Kier molecular flexibility index (Phi) is 2.46. The third kappa shape index (κ3) is 1.92. The molecule has 0 fully saturated rings. The molecule has 3 nitrogen and oxygen atoms in total. The lowest BCUT2D eigenvalue weighted by Crippen LogP contribution is -2.44. The Hall–Kier alpha value is -1.43. The number of anilines is 1. The van der Waals surface area contributed by atoms with Crippen LogP contribution in [-0.4, -0.2) is 12.2 Å². The molecule has 1 aromatic carbocycles. The van der Waals surface area contributed by atoms with Gasteiger partial charge in [-0.15, -0.1) is 0 Å². The summed E-state index contributed by atoms with van der Waals surface area (Å²) in [5, 5.41) is 4.27. The van der Waals surface area contributed by atoms with Gasteiger partial charge in [0.2, 0.25) is 0 Å². The molecule has 7 heteroatoms. The van der Waals surface area contributed by atoms with Gasteiger partial charge in [0.25, 0.3) is 0 Å². The number of carbonyl (C=O) groups excluding carboxylic acids is 1. The number of urea groups is 1. The Morgan fingerprint density at radius 3 is 2.62 bits per heavy atom. The summed E-state index contributed by atoms with van der Waals surface area (Å²) in [5.41, 5.74) is 0.0371. The van der Waals surface area contributed by atoms with Gasteiger partial charge in [0.15, 0.2) is 6.04 Å². The minimum atomic E-state index is -4.54. The summed E-state index contributed by atoms with van der Waals surface area (Å²) in [6.45, 7) is 0. The van der Waals surface area contributed by atoms with Crippen molar-refractivity contribution in [2.75, 3.05) is 5.32 Å². The fourth-order valence-electron chi connectivity index (χ4n) is 1.51. The predicted octanol–water partition coefficient (Wildman–Crippen LogP) is 3.08. The minimum Gasteiger partial charge on any atom is -0.322 e. The van der Waals surface area contributed by atoms with Crippen molar-refractivity contribution in [2.45, 2.75) is 12.2 Å². The summed E-state index contributed by atoms with van der Waals surface area (Å²) in [7, 11) is 0. The number of carbonyl (C=O) groups is 1. The molecule has 0 radical (unpaired) electrons. The molecule has 0 aliphatic carbocycles. The van der Waals surface area contributed by atoms with Gasteiger partial charge in [0.1, 0.15) is 0 Å². The second kappa shape index (κ2) is 3.55. The first-order valence-electron chi connectivity index (χ1n) is 4.31. The molecule has 2 N–H and O–H groups in total. The van der Waals surface area contributed by atoms with E-state index in [9.17, 15) is 18.0 Å². The molecule has 0 saturated heterocycles. The molecule has 1 heterocycles. The number of hydrogen-bond donors (Lipinski definition) is 2. The van der Waals surface area contributed by atoms with E-state index >= 15 is 0 Å². The predicted molar refractivity (Wildman–Crippen MR) is 52.4 cm³/mol. The van der Waals surface area contributed by atoms with Crippen LogP contribution in [0.25, 0.3) is 0 Å². The second-order valence-corrected chi connectivity index (χ2v) is 3.74. The standard InChI is InChI=1S/C9H6ClF3N2O/c10-4-1-2-6-5(3-4)7(9(11,12)13)15-8(16)14-6/h1-3,7H,(H2,14,15,16)/t7-/m1/s1. The maximum absolute atomic E-state index is 12.6. The first kappa shape index (κ1) is 11.1. The highest BCUT2D eigenvalue weighted by Gasteiger charge is 2.45. The van der Waals surface area contributed by atoms with E-state index in [1.165, 1.54) is 18.2 Å². The quantitative estimate of drug-likeness (QED) is 0.730. The second-order valence-electron chi connectivity index (χ2n) is 3.30. The van der Waals surface area contributed by atoms with Gasteiger partial charge in [-0.05, 0) is 18.2 Å². The highest BCUT2D eigenvalue weighted by Crippen LogP contribution is 2.39. The first-order valence-corrected chi connectivity index (χ1v) is 4.69. The molecule has 0 spiro atoms. The van der Waals surface area contributed by atoms with Crippen LogP contribution in [0.4, 0.5) is 23.7 Å². The molecule has 1 aromatic rings. The average molecular weight is 251 g/mol. The zero-order chi connectivity index (χ0) is 11.9. The van der Waals surface area contributed by atoms with E-state index in [0.29, 0.717) is 0 Å². The van der Waals surface area contributed by atoms with E-state index in [1.807, 2.05) is 0 Å². The summed E-state index contributed by atoms with van der Waals surface area (Å²) in [4.78, 5) is 11.0. The number of fused-ring (bicyclic) bond motifs is 1. The molecule has 16 heavy (non-hydrogen) atoms. The van der Waals surface area contributed by atoms with E-state index in [1.54, 1.807) is 5.32 Å². The molecular weight excluding hydrogens is 245 g/mol. The Morgan fingerprint density at radius 2 is 2.00 bits per heavy atom. The molecule has 86 valence electrons. The van der Waals surface area contributed by atoms with Gasteiger partial charge < -0.3 is 10.6 Å². The number of alkyl halides is 3. The van der Waals surface area contributed by atoms with Crippen molar-refractivity contribution in [1.82, 2.24) is 5.32 Å². The van der Waals surface area contributed by atoms with Crippen LogP contribution in [0.5, 0.6) is 0 Å². The van der Waals surface area contributed by atoms with Crippen LogP contribution in [0.2, 0.25) is 5.02 Å². The normalized spacial score (nSPS) is 19.8. The van der Waals surface area contributed by atoms with Gasteiger partial charge in [0.05, 0.1) is 0 Å². The van der Waals surface area contributed by atoms with Crippen LogP contribution >= 0.6 is 11.6 Å². The van der Waals surface area contributed by atoms with Gasteiger partial charge in [-0.1, -0.05) is 11.6 Å². The maximum Gasteiger partial charge on any atom is 0.413 e. The van der Waals surface area contributed by atoms with Crippen molar-refractivity contribution in [2.24, 2.45) is 0 Å². The molecule has 1 atom stereocenters. The highest BCUT2D eigenvalue weighted by molar-refractivity contribution is 6.30. The first-order chi connectivity index (χ1) is 7.38. The Morgan fingerprint density at radius 1 is 1.31 bits per heavy atom. The third-order valence-electron chi connectivity index (χ3n) is 2.18. The lowest BCUT2D eigenvalue weighted by molar-refractivity contribution is -0.155. The number of halogens is 4. The maximum atomic E-state index is 12.6. The smallest absolute Gasteiger partial charge is 0.322 e.